The molecule has 6 aromatic carbocycles. The van der Waals surface area contributed by atoms with Gasteiger partial charge in [0.05, 0.1) is 39.0 Å². The maximum atomic E-state index is 9.50. The minimum Gasteiger partial charge on any atom is -0.496 e. The van der Waals surface area contributed by atoms with E-state index in [1.165, 1.54) is 0 Å². The lowest BCUT2D eigenvalue weighted by Crippen LogP contribution is -2.11. The molecule has 0 fully saturated rings. The lowest BCUT2D eigenvalue weighted by Gasteiger charge is -2.22. The molecule has 0 radical (unpaired) electrons. The first-order valence-electron chi connectivity index (χ1n) is 24.5. The third-order valence-electron chi connectivity index (χ3n) is 9.68. The van der Waals surface area contributed by atoms with Crippen LogP contribution in [0.1, 0.15) is 66.4 Å². The van der Waals surface area contributed by atoms with E-state index in [1.807, 2.05) is 118 Å². The Bertz CT molecular complexity index is 3300. The standard InChI is InChI=1S/C51H47N3O/c1-32-17-19-37(20-18-32)38-21-22-52-46(31-38)41-27-40(28-42(29-41)51(5,6)7)44-15-12-16-47-48(44)53-50(45-26-33(2)23-35(4)49(45)55-8)54(47)43-25-34(3)24-39(30-43)36-13-10-9-11-14-36/h9-31H,1-8H3/i1D3,3D3,17D,18D,19D,20D,21D,22D,31D. The minimum absolute atomic E-state index is 0.0709. The van der Waals surface area contributed by atoms with Gasteiger partial charge >= 0.3 is 0 Å². The van der Waals surface area contributed by atoms with Crippen molar-refractivity contribution >= 4 is 11.0 Å². The Balaban J connectivity index is 1.44. The molecule has 8 rings (SSSR count). The highest BCUT2D eigenvalue weighted by molar-refractivity contribution is 5.97. The molecule has 0 amide bonds. The van der Waals surface area contributed by atoms with Crippen molar-refractivity contribution in [2.45, 2.75) is 53.7 Å². The van der Waals surface area contributed by atoms with E-state index >= 15 is 0 Å². The number of pyridine rings is 1. The van der Waals surface area contributed by atoms with Crippen LogP contribution in [0.3, 0.4) is 0 Å². The Morgan fingerprint density at radius 1 is 0.655 bits per heavy atom. The van der Waals surface area contributed by atoms with Crippen molar-refractivity contribution in [3.8, 4) is 67.5 Å². The zero-order valence-electron chi connectivity index (χ0n) is 44.5. The van der Waals surface area contributed by atoms with E-state index in [1.54, 1.807) is 25.3 Å². The molecule has 0 atom stereocenters. The van der Waals surface area contributed by atoms with Crippen molar-refractivity contribution in [3.05, 3.63) is 167 Å². The van der Waals surface area contributed by atoms with E-state index in [2.05, 4.69) is 4.98 Å². The van der Waals surface area contributed by atoms with Gasteiger partial charge in [-0.2, -0.15) is 0 Å². The Hall–Kier alpha value is -6.26. The molecule has 0 unspecified atom stereocenters. The average molecular weight is 731 g/mol. The van der Waals surface area contributed by atoms with E-state index in [9.17, 15) is 1.37 Å². The van der Waals surface area contributed by atoms with Gasteiger partial charge in [0.2, 0.25) is 0 Å². The molecule has 0 aliphatic heterocycles. The summed E-state index contributed by atoms with van der Waals surface area (Å²) in [5, 5.41) is 0. The van der Waals surface area contributed by atoms with E-state index in [0.29, 0.717) is 56.1 Å². The number of methoxy groups -OCH3 is 1. The molecule has 8 aromatic rings. The number of nitrogens with zero attached hydrogens (tertiary/aromatic N) is 3. The summed E-state index contributed by atoms with van der Waals surface area (Å²) in [6.07, 6.45) is -0.590. The van der Waals surface area contributed by atoms with Gasteiger partial charge in [0.25, 0.3) is 0 Å². The van der Waals surface area contributed by atoms with Crippen LogP contribution in [-0.2, 0) is 5.41 Å². The fourth-order valence-corrected chi connectivity index (χ4v) is 7.07. The van der Waals surface area contributed by atoms with Crippen LogP contribution in [-0.4, -0.2) is 21.6 Å². The van der Waals surface area contributed by atoms with Crippen LogP contribution >= 0.6 is 0 Å². The van der Waals surface area contributed by atoms with Crippen LogP contribution in [0, 0.1) is 27.6 Å². The first kappa shape index (κ1) is 23.5. The minimum atomic E-state index is -2.98. The van der Waals surface area contributed by atoms with Crippen LogP contribution in [0.25, 0.3) is 72.7 Å². The summed E-state index contributed by atoms with van der Waals surface area (Å²) in [5.74, 6) is 1.07. The maximum absolute atomic E-state index is 9.50. The number of hydrogen-bond donors (Lipinski definition) is 0. The third kappa shape index (κ3) is 6.97. The number of ether oxygens (including phenoxy) is 1. The largest absolute Gasteiger partial charge is 0.496 e. The van der Waals surface area contributed by atoms with Crippen LogP contribution in [0.2, 0.25) is 0 Å². The molecular formula is C51H47N3O. The molecule has 0 aliphatic carbocycles. The van der Waals surface area contributed by atoms with Crippen molar-refractivity contribution in [2.75, 3.05) is 7.11 Å². The summed E-state index contributed by atoms with van der Waals surface area (Å²) in [7, 11) is 1.59. The molecular weight excluding hydrogens is 671 g/mol. The van der Waals surface area contributed by atoms with Crippen molar-refractivity contribution in [1.82, 2.24) is 14.5 Å². The predicted octanol–water partition coefficient (Wildman–Crippen LogP) is 13.3. The molecule has 2 heterocycles. The smallest absolute Gasteiger partial charge is 0.149 e. The molecule has 0 saturated carbocycles. The number of aryl methyl sites for hydroxylation is 3. The van der Waals surface area contributed by atoms with Crippen LogP contribution in [0.4, 0.5) is 0 Å². The van der Waals surface area contributed by atoms with Gasteiger partial charge in [-0.05, 0) is 132 Å². The third-order valence-corrected chi connectivity index (χ3v) is 9.68. The lowest BCUT2D eigenvalue weighted by atomic mass is 9.83. The monoisotopic (exact) mass is 730 g/mol. The molecule has 0 spiro atoms. The van der Waals surface area contributed by atoms with Gasteiger partial charge in [0, 0.05) is 31.2 Å². The number of para-hydroxylation sites is 1. The molecule has 0 aliphatic rings. The Morgan fingerprint density at radius 3 is 2.18 bits per heavy atom. The summed E-state index contributed by atoms with van der Waals surface area (Å²) >= 11 is 0. The summed E-state index contributed by atoms with van der Waals surface area (Å²) in [6.45, 7) is 4.53. The van der Waals surface area contributed by atoms with Gasteiger partial charge in [-0.3, -0.25) is 9.55 Å². The van der Waals surface area contributed by atoms with E-state index in [-0.39, 0.29) is 16.8 Å². The van der Waals surface area contributed by atoms with Gasteiger partial charge in [0.15, 0.2) is 0 Å². The van der Waals surface area contributed by atoms with Crippen molar-refractivity contribution in [3.63, 3.8) is 0 Å². The Morgan fingerprint density at radius 2 is 1.44 bits per heavy atom. The number of hydrogen-bond acceptors (Lipinski definition) is 3. The first-order valence-corrected chi connectivity index (χ1v) is 18.0. The zero-order valence-corrected chi connectivity index (χ0v) is 31.5. The van der Waals surface area contributed by atoms with E-state index < -0.39 is 72.7 Å². The molecule has 0 N–H and O–H groups in total. The molecule has 0 bridgehead atoms. The van der Waals surface area contributed by atoms with Gasteiger partial charge in [0.1, 0.15) is 11.6 Å². The second kappa shape index (κ2) is 14.2. The van der Waals surface area contributed by atoms with Gasteiger partial charge in [-0.25, -0.2) is 4.98 Å². The number of benzene rings is 6. The highest BCUT2D eigenvalue weighted by atomic mass is 16.5. The molecule has 272 valence electrons. The van der Waals surface area contributed by atoms with Crippen molar-refractivity contribution in [1.29, 1.82) is 0 Å². The van der Waals surface area contributed by atoms with Crippen molar-refractivity contribution in [2.24, 2.45) is 0 Å². The number of imidazole rings is 1. The van der Waals surface area contributed by atoms with Crippen LogP contribution in [0.5, 0.6) is 5.75 Å². The topological polar surface area (TPSA) is 39.9 Å². The zero-order chi connectivity index (χ0) is 49.5. The summed E-state index contributed by atoms with van der Waals surface area (Å²) in [5.41, 5.74) is 6.11. The van der Waals surface area contributed by atoms with Crippen molar-refractivity contribution < 1.29 is 22.6 Å². The normalized spacial score (nSPS) is 15.5. The SMILES string of the molecule is [2H]c1nc(-c2cc(-c3cccc4c3nc(-c3cc(C)cc(C)c3OC)n4-c3cc(-c4ccccc4)cc(C([2H])([2H])[2H])c3)cc(C(C)(C)C)c2)c([2H])c(-c2c([2H])c([2H])c(C([2H])([2H])[2H])c([2H])c2[2H])c1[2H]. The predicted molar refractivity (Wildman–Crippen MR) is 230 cm³/mol. The number of rotatable bonds is 7. The molecule has 4 nitrogen and oxygen atoms in total. The first-order chi connectivity index (χ1) is 31.8. The number of fused-ring (bicyclic) bond motifs is 1. The van der Waals surface area contributed by atoms with Gasteiger partial charge < -0.3 is 4.74 Å². The Kier molecular flexibility index (Phi) is 6.06. The quantitative estimate of drug-likeness (QED) is 0.164. The van der Waals surface area contributed by atoms with Gasteiger partial charge in [-0.1, -0.05) is 111 Å². The van der Waals surface area contributed by atoms with E-state index in [0.717, 1.165) is 22.3 Å². The second-order valence-corrected chi connectivity index (χ2v) is 14.7. The van der Waals surface area contributed by atoms with Gasteiger partial charge in [-0.15, -0.1) is 0 Å². The molecule has 2 aromatic heterocycles. The summed E-state index contributed by atoms with van der Waals surface area (Å²) in [4.78, 5) is 9.80. The van der Waals surface area contributed by atoms with Crippen LogP contribution in [0.15, 0.2) is 139 Å². The van der Waals surface area contributed by atoms with E-state index in [4.69, 9.17) is 26.2 Å². The summed E-state index contributed by atoms with van der Waals surface area (Å²) in [6, 6.07) is 25.9. The average Bonchev–Trinajstić information content (AvgIpc) is 3.67. The number of aromatic nitrogens is 3. The second-order valence-electron chi connectivity index (χ2n) is 14.7. The highest BCUT2D eigenvalue weighted by Gasteiger charge is 2.24. The fraction of sp³-hybridized carbons (Fsp3) is 0.176. The fourth-order valence-electron chi connectivity index (χ4n) is 7.07. The lowest BCUT2D eigenvalue weighted by molar-refractivity contribution is 0.413. The molecule has 55 heavy (non-hydrogen) atoms. The molecule has 0 saturated heterocycles. The highest BCUT2D eigenvalue weighted by Crippen LogP contribution is 2.42. The summed E-state index contributed by atoms with van der Waals surface area (Å²) < 4.78 is 119. The van der Waals surface area contributed by atoms with Crippen LogP contribution < -0.4 is 4.74 Å². The molecule has 4 heteroatoms. The Labute approximate surface area is 343 Å². The maximum Gasteiger partial charge on any atom is 0.149 e.